The maximum Gasteiger partial charge on any atom is 0.274 e. The molecule has 1 amide bonds. The van der Waals surface area contributed by atoms with Crippen LogP contribution in [0.1, 0.15) is 29.7 Å². The van der Waals surface area contributed by atoms with Gasteiger partial charge in [-0.05, 0) is 6.42 Å². The molecule has 0 unspecified atom stereocenters. The number of nitrogens with zero attached hydrogens (tertiary/aromatic N) is 6. The molecule has 1 fully saturated rings. The molecule has 9 heteroatoms. The van der Waals surface area contributed by atoms with E-state index in [0.717, 1.165) is 36.9 Å². The Morgan fingerprint density at radius 1 is 1.26 bits per heavy atom. The smallest absolute Gasteiger partial charge is 0.274 e. The van der Waals surface area contributed by atoms with Crippen LogP contribution in [-0.4, -0.2) is 56.3 Å². The van der Waals surface area contributed by atoms with Crippen molar-refractivity contribution >= 4 is 34.2 Å². The summed E-state index contributed by atoms with van der Waals surface area (Å²) in [5.74, 6) is 0.741. The molecule has 3 rings (SSSR count). The maximum absolute atomic E-state index is 12.5. The van der Waals surface area contributed by atoms with Gasteiger partial charge in [-0.1, -0.05) is 18.5 Å². The lowest BCUT2D eigenvalue weighted by Gasteiger charge is -2.21. The molecule has 23 heavy (non-hydrogen) atoms. The largest absolute Gasteiger partial charge is 0.345 e. The molecule has 3 heterocycles. The van der Waals surface area contributed by atoms with E-state index in [2.05, 4.69) is 24.2 Å². The first-order valence-electron chi connectivity index (χ1n) is 7.51. The molecule has 7 nitrogen and oxygen atoms in total. The van der Waals surface area contributed by atoms with Gasteiger partial charge in [-0.2, -0.15) is 4.37 Å². The van der Waals surface area contributed by atoms with Crippen LogP contribution >= 0.6 is 23.1 Å². The van der Waals surface area contributed by atoms with Crippen LogP contribution in [0, 0.1) is 0 Å². The summed E-state index contributed by atoms with van der Waals surface area (Å²) >= 11 is 7.23. The van der Waals surface area contributed by atoms with Crippen LogP contribution in [-0.2, 0) is 6.42 Å². The first-order chi connectivity index (χ1) is 11.2. The molecule has 0 aromatic carbocycles. The average Bonchev–Trinajstić information content (AvgIpc) is 2.91. The Bertz CT molecular complexity index is 693. The molecule has 0 bridgehead atoms. The third kappa shape index (κ3) is 3.76. The molecule has 0 aliphatic carbocycles. The molecule has 122 valence electrons. The van der Waals surface area contributed by atoms with Crippen LogP contribution in [0.3, 0.4) is 0 Å². The normalized spacial score (nSPS) is 15.6. The van der Waals surface area contributed by atoms with Crippen molar-refractivity contribution in [3.63, 3.8) is 0 Å². The van der Waals surface area contributed by atoms with Gasteiger partial charge in [0.2, 0.25) is 5.13 Å². The van der Waals surface area contributed by atoms with Crippen molar-refractivity contribution in [3.8, 4) is 0 Å². The predicted octanol–water partition coefficient (Wildman–Crippen LogP) is 1.90. The molecule has 2 aromatic rings. The SMILES string of the molecule is CCc1nsc(N2CCCN(C(=O)c3cncc(Cl)n3)CC2)n1. The van der Waals surface area contributed by atoms with Crippen molar-refractivity contribution in [2.75, 3.05) is 31.1 Å². The van der Waals surface area contributed by atoms with E-state index in [-0.39, 0.29) is 16.8 Å². The topological polar surface area (TPSA) is 75.1 Å². The average molecular weight is 353 g/mol. The number of hydrogen-bond donors (Lipinski definition) is 0. The molecular weight excluding hydrogens is 336 g/mol. The molecule has 1 saturated heterocycles. The number of carbonyl (C=O) groups excluding carboxylic acids is 1. The number of carbonyl (C=O) groups is 1. The van der Waals surface area contributed by atoms with E-state index in [4.69, 9.17) is 11.6 Å². The Labute approximate surface area is 143 Å². The molecule has 0 spiro atoms. The minimum Gasteiger partial charge on any atom is -0.345 e. The van der Waals surface area contributed by atoms with Crippen molar-refractivity contribution in [2.24, 2.45) is 0 Å². The highest BCUT2D eigenvalue weighted by Crippen LogP contribution is 2.20. The van der Waals surface area contributed by atoms with Crippen LogP contribution < -0.4 is 4.90 Å². The first kappa shape index (κ1) is 16.1. The molecular formula is C14H17ClN6OS. The zero-order valence-electron chi connectivity index (χ0n) is 12.8. The van der Waals surface area contributed by atoms with Crippen LogP contribution in [0.25, 0.3) is 0 Å². The van der Waals surface area contributed by atoms with E-state index in [1.807, 2.05) is 6.92 Å². The maximum atomic E-state index is 12.5. The van der Waals surface area contributed by atoms with E-state index >= 15 is 0 Å². The number of aryl methyl sites for hydroxylation is 1. The van der Waals surface area contributed by atoms with Gasteiger partial charge in [-0.15, -0.1) is 0 Å². The minimum absolute atomic E-state index is 0.131. The summed E-state index contributed by atoms with van der Waals surface area (Å²) in [6.45, 7) is 4.94. The Balaban J connectivity index is 1.67. The van der Waals surface area contributed by atoms with E-state index in [1.54, 1.807) is 4.90 Å². The Hall–Kier alpha value is -1.80. The fourth-order valence-corrected chi connectivity index (χ4v) is 3.38. The van der Waals surface area contributed by atoms with Crippen LogP contribution in [0.15, 0.2) is 12.4 Å². The second-order valence-electron chi connectivity index (χ2n) is 5.21. The van der Waals surface area contributed by atoms with Gasteiger partial charge in [0.1, 0.15) is 16.7 Å². The van der Waals surface area contributed by atoms with Crippen molar-refractivity contribution in [1.29, 1.82) is 0 Å². The summed E-state index contributed by atoms with van der Waals surface area (Å²) in [6.07, 6.45) is 4.58. The zero-order chi connectivity index (χ0) is 16.2. The molecule has 1 aliphatic heterocycles. The Kier molecular flexibility index (Phi) is 5.02. The fraction of sp³-hybridized carbons (Fsp3) is 0.500. The van der Waals surface area contributed by atoms with E-state index in [1.165, 1.54) is 23.9 Å². The molecule has 0 N–H and O–H groups in total. The van der Waals surface area contributed by atoms with Crippen molar-refractivity contribution < 1.29 is 4.79 Å². The molecule has 1 aliphatic rings. The zero-order valence-corrected chi connectivity index (χ0v) is 14.3. The summed E-state index contributed by atoms with van der Waals surface area (Å²) < 4.78 is 4.33. The highest BCUT2D eigenvalue weighted by atomic mass is 35.5. The third-order valence-corrected chi connectivity index (χ3v) is 4.65. The number of hydrogen-bond acceptors (Lipinski definition) is 7. The third-order valence-electron chi connectivity index (χ3n) is 3.65. The van der Waals surface area contributed by atoms with E-state index in [9.17, 15) is 4.79 Å². The lowest BCUT2D eigenvalue weighted by atomic mass is 10.3. The number of aromatic nitrogens is 4. The number of rotatable bonds is 3. The second-order valence-corrected chi connectivity index (χ2v) is 6.32. The van der Waals surface area contributed by atoms with Gasteiger partial charge in [-0.3, -0.25) is 9.78 Å². The molecule has 0 radical (unpaired) electrons. The number of halogens is 1. The predicted molar refractivity (Wildman–Crippen MR) is 89.1 cm³/mol. The fourth-order valence-electron chi connectivity index (χ4n) is 2.44. The summed E-state index contributed by atoms with van der Waals surface area (Å²) in [6, 6.07) is 0. The van der Waals surface area contributed by atoms with Gasteiger partial charge in [0, 0.05) is 44.1 Å². The van der Waals surface area contributed by atoms with Gasteiger partial charge in [0.15, 0.2) is 0 Å². The van der Waals surface area contributed by atoms with Crippen LogP contribution in [0.2, 0.25) is 5.15 Å². The second kappa shape index (κ2) is 7.18. The van der Waals surface area contributed by atoms with Gasteiger partial charge in [0.05, 0.1) is 12.4 Å². The van der Waals surface area contributed by atoms with Gasteiger partial charge in [0.25, 0.3) is 5.91 Å². The highest BCUT2D eigenvalue weighted by molar-refractivity contribution is 7.09. The van der Waals surface area contributed by atoms with Crippen molar-refractivity contribution in [1.82, 2.24) is 24.2 Å². The molecule has 0 atom stereocenters. The van der Waals surface area contributed by atoms with E-state index < -0.39 is 0 Å². The summed E-state index contributed by atoms with van der Waals surface area (Å²) in [5.41, 5.74) is 0.287. The summed E-state index contributed by atoms with van der Waals surface area (Å²) in [4.78, 5) is 29.0. The van der Waals surface area contributed by atoms with Crippen molar-refractivity contribution in [2.45, 2.75) is 19.8 Å². The van der Waals surface area contributed by atoms with Crippen molar-refractivity contribution in [3.05, 3.63) is 29.1 Å². The summed E-state index contributed by atoms with van der Waals surface area (Å²) in [5, 5.41) is 1.16. The lowest BCUT2D eigenvalue weighted by molar-refractivity contribution is 0.0760. The lowest BCUT2D eigenvalue weighted by Crippen LogP contribution is -2.35. The number of anilines is 1. The van der Waals surface area contributed by atoms with E-state index in [0.29, 0.717) is 13.1 Å². The monoisotopic (exact) mass is 352 g/mol. The van der Waals surface area contributed by atoms with Crippen LogP contribution in [0.4, 0.5) is 5.13 Å². The summed E-state index contributed by atoms with van der Waals surface area (Å²) in [7, 11) is 0. The van der Waals surface area contributed by atoms with Gasteiger partial charge < -0.3 is 9.80 Å². The first-order valence-corrected chi connectivity index (χ1v) is 8.67. The van der Waals surface area contributed by atoms with Crippen LogP contribution in [0.5, 0.6) is 0 Å². The number of amides is 1. The molecule has 2 aromatic heterocycles. The minimum atomic E-state index is -0.131. The Morgan fingerprint density at radius 2 is 2.13 bits per heavy atom. The Morgan fingerprint density at radius 3 is 2.87 bits per heavy atom. The standard InChI is InChI=1S/C14H17ClN6OS/c1-2-12-18-14(23-19-12)21-5-3-4-20(6-7-21)13(22)10-8-16-9-11(15)17-10/h8-9H,2-7H2,1H3. The van der Waals surface area contributed by atoms with Gasteiger partial charge in [-0.25, -0.2) is 9.97 Å². The molecule has 0 saturated carbocycles. The highest BCUT2D eigenvalue weighted by Gasteiger charge is 2.23. The quantitative estimate of drug-likeness (QED) is 0.839. The van der Waals surface area contributed by atoms with Gasteiger partial charge >= 0.3 is 0 Å².